The number of benzene rings is 1. The van der Waals surface area contributed by atoms with E-state index in [1.807, 2.05) is 0 Å². The van der Waals surface area contributed by atoms with Crippen molar-refractivity contribution in [2.45, 2.75) is 42.4 Å². The molecule has 1 saturated carbocycles. The summed E-state index contributed by atoms with van der Waals surface area (Å²) < 4.78 is 39.3. The van der Waals surface area contributed by atoms with Crippen molar-refractivity contribution in [2.24, 2.45) is 0 Å². The number of nitrogens with one attached hydrogen (secondary N) is 1. The molecule has 1 fully saturated rings. The van der Waals surface area contributed by atoms with Crippen LogP contribution in [-0.4, -0.2) is 31.4 Å². The van der Waals surface area contributed by atoms with Gasteiger partial charge in [0.05, 0.1) is 16.9 Å². The van der Waals surface area contributed by atoms with Crippen molar-refractivity contribution in [1.29, 1.82) is 0 Å². The van der Waals surface area contributed by atoms with Gasteiger partial charge in [0.25, 0.3) is 0 Å². The molecule has 6 nitrogen and oxygen atoms in total. The predicted molar refractivity (Wildman–Crippen MR) is 81.5 cm³/mol. The van der Waals surface area contributed by atoms with Crippen molar-refractivity contribution < 1.29 is 18.0 Å². The van der Waals surface area contributed by atoms with Crippen LogP contribution in [0.25, 0.3) is 0 Å². The second-order valence-corrected chi connectivity index (χ2v) is 6.77. The summed E-state index contributed by atoms with van der Waals surface area (Å²) in [6.45, 7) is 1.69. The van der Waals surface area contributed by atoms with Crippen LogP contribution in [0.5, 0.6) is 0 Å². The number of hydrogen-bond acceptors (Lipinski definition) is 5. The van der Waals surface area contributed by atoms with Gasteiger partial charge < -0.3 is 5.32 Å². The summed E-state index contributed by atoms with van der Waals surface area (Å²) in [6.07, 6.45) is -2.36. The van der Waals surface area contributed by atoms with E-state index in [9.17, 15) is 18.0 Å². The molecule has 1 amide bonds. The summed E-state index contributed by atoms with van der Waals surface area (Å²) in [4.78, 5) is 12.2. The lowest BCUT2D eigenvalue weighted by molar-refractivity contribution is -0.137. The van der Waals surface area contributed by atoms with Gasteiger partial charge in [0, 0.05) is 5.69 Å². The summed E-state index contributed by atoms with van der Waals surface area (Å²) in [6, 6.07) is 4.62. The third-order valence-corrected chi connectivity index (χ3v) is 4.53. The van der Waals surface area contributed by atoms with Crippen molar-refractivity contribution in [2.75, 3.05) is 5.32 Å². The van der Waals surface area contributed by atoms with E-state index in [2.05, 4.69) is 20.8 Å². The second-order valence-electron chi connectivity index (χ2n) is 5.46. The standard InChI is InChI=1S/C14H14F3N5OS/c1-8(24-13-19-20-21-22(13)11-6-7-11)12(23)18-10-4-2-9(3-5-10)14(15,16)17/h2-5,8,11H,6-7H2,1H3,(H,18,23). The van der Waals surface area contributed by atoms with Crippen molar-refractivity contribution >= 4 is 23.4 Å². The molecule has 1 heterocycles. The lowest BCUT2D eigenvalue weighted by Crippen LogP contribution is -2.23. The first-order valence-corrected chi connectivity index (χ1v) is 8.15. The van der Waals surface area contributed by atoms with Gasteiger partial charge >= 0.3 is 6.18 Å². The van der Waals surface area contributed by atoms with Gasteiger partial charge in [0.15, 0.2) is 0 Å². The van der Waals surface area contributed by atoms with Gasteiger partial charge in [-0.05, 0) is 54.5 Å². The number of carbonyl (C=O) groups is 1. The summed E-state index contributed by atoms with van der Waals surface area (Å²) in [7, 11) is 0. The Balaban J connectivity index is 1.60. The zero-order valence-electron chi connectivity index (χ0n) is 12.6. The average molecular weight is 357 g/mol. The average Bonchev–Trinajstić information content (AvgIpc) is 3.27. The van der Waals surface area contributed by atoms with Crippen LogP contribution in [-0.2, 0) is 11.0 Å². The summed E-state index contributed by atoms with van der Waals surface area (Å²) in [5, 5.41) is 14.1. The maximum Gasteiger partial charge on any atom is 0.416 e. The molecule has 0 saturated heterocycles. The van der Waals surface area contributed by atoms with Crippen LogP contribution in [0.1, 0.15) is 31.4 Å². The van der Waals surface area contributed by atoms with Gasteiger partial charge in [0.2, 0.25) is 11.1 Å². The lowest BCUT2D eigenvalue weighted by Gasteiger charge is -2.12. The fraction of sp³-hybridized carbons (Fsp3) is 0.429. The smallest absolute Gasteiger partial charge is 0.325 e. The van der Waals surface area contributed by atoms with Crippen LogP contribution < -0.4 is 5.32 Å². The van der Waals surface area contributed by atoms with E-state index >= 15 is 0 Å². The Bertz CT molecular complexity index is 727. The van der Waals surface area contributed by atoms with Crippen LogP contribution in [0, 0.1) is 0 Å². The first-order valence-electron chi connectivity index (χ1n) is 7.27. The molecule has 0 bridgehead atoms. The zero-order valence-corrected chi connectivity index (χ0v) is 13.4. The Morgan fingerprint density at radius 1 is 1.33 bits per heavy atom. The molecule has 24 heavy (non-hydrogen) atoms. The second kappa shape index (κ2) is 6.42. The van der Waals surface area contributed by atoms with Crippen LogP contribution >= 0.6 is 11.8 Å². The molecule has 2 aromatic rings. The molecule has 128 valence electrons. The third kappa shape index (κ3) is 3.86. The van der Waals surface area contributed by atoms with Crippen molar-refractivity contribution in [3.8, 4) is 0 Å². The van der Waals surface area contributed by atoms with Crippen molar-refractivity contribution in [3.63, 3.8) is 0 Å². The molecule has 1 aliphatic carbocycles. The number of alkyl halides is 3. The van der Waals surface area contributed by atoms with Crippen molar-refractivity contribution in [3.05, 3.63) is 29.8 Å². The SMILES string of the molecule is CC(Sc1nnnn1C1CC1)C(=O)Nc1ccc(C(F)(F)F)cc1. The Morgan fingerprint density at radius 2 is 2.00 bits per heavy atom. The number of hydrogen-bond donors (Lipinski definition) is 1. The number of amides is 1. The maximum atomic E-state index is 12.5. The molecule has 1 aromatic heterocycles. The Morgan fingerprint density at radius 3 is 2.58 bits per heavy atom. The molecular weight excluding hydrogens is 343 g/mol. The van der Waals surface area contributed by atoms with Crippen LogP contribution in [0.15, 0.2) is 29.4 Å². The molecule has 10 heteroatoms. The molecule has 1 aromatic carbocycles. The number of carbonyl (C=O) groups excluding carboxylic acids is 1. The minimum Gasteiger partial charge on any atom is -0.325 e. The minimum absolute atomic E-state index is 0.299. The summed E-state index contributed by atoms with van der Waals surface area (Å²) in [5.41, 5.74) is -0.450. The van der Waals surface area contributed by atoms with Gasteiger partial charge in [-0.15, -0.1) is 5.10 Å². The molecule has 0 aliphatic heterocycles. The lowest BCUT2D eigenvalue weighted by atomic mass is 10.2. The van der Waals surface area contributed by atoms with E-state index in [1.54, 1.807) is 11.6 Å². The van der Waals surface area contributed by atoms with E-state index in [0.717, 1.165) is 25.0 Å². The van der Waals surface area contributed by atoms with Crippen LogP contribution in [0.2, 0.25) is 0 Å². The highest BCUT2D eigenvalue weighted by Crippen LogP contribution is 2.37. The predicted octanol–water partition coefficient (Wildman–Crippen LogP) is 3.15. The van der Waals surface area contributed by atoms with Gasteiger partial charge in [0.1, 0.15) is 0 Å². The van der Waals surface area contributed by atoms with E-state index in [1.165, 1.54) is 23.9 Å². The fourth-order valence-corrected chi connectivity index (χ4v) is 2.87. The number of halogens is 3. The van der Waals surface area contributed by atoms with Gasteiger partial charge in [-0.3, -0.25) is 4.79 Å². The highest BCUT2D eigenvalue weighted by molar-refractivity contribution is 8.00. The summed E-state index contributed by atoms with van der Waals surface area (Å²) in [5.74, 6) is -0.329. The molecule has 0 spiro atoms. The van der Waals surface area contributed by atoms with E-state index in [4.69, 9.17) is 0 Å². The molecule has 1 atom stereocenters. The molecule has 3 rings (SSSR count). The fourth-order valence-electron chi connectivity index (χ4n) is 2.01. The Labute approximate surface area is 139 Å². The quantitative estimate of drug-likeness (QED) is 0.833. The molecule has 1 aliphatic rings. The van der Waals surface area contributed by atoms with Gasteiger partial charge in [-0.1, -0.05) is 11.8 Å². The molecule has 1 unspecified atom stereocenters. The van der Waals surface area contributed by atoms with Crippen molar-refractivity contribution in [1.82, 2.24) is 20.2 Å². The van der Waals surface area contributed by atoms with Crippen LogP contribution in [0.4, 0.5) is 18.9 Å². The first kappa shape index (κ1) is 16.7. The number of anilines is 1. The number of nitrogens with zero attached hydrogens (tertiary/aromatic N) is 4. The Kier molecular flexibility index (Phi) is 4.48. The van der Waals surface area contributed by atoms with Gasteiger partial charge in [-0.25, -0.2) is 4.68 Å². The molecule has 1 N–H and O–H groups in total. The zero-order chi connectivity index (χ0) is 17.3. The first-order chi connectivity index (χ1) is 11.3. The van der Waals surface area contributed by atoms with E-state index < -0.39 is 17.0 Å². The van der Waals surface area contributed by atoms with E-state index in [-0.39, 0.29) is 5.91 Å². The largest absolute Gasteiger partial charge is 0.416 e. The van der Waals surface area contributed by atoms with Crippen LogP contribution in [0.3, 0.4) is 0 Å². The number of tetrazole rings is 1. The Hall–Kier alpha value is -2.10. The number of aromatic nitrogens is 4. The van der Waals surface area contributed by atoms with E-state index in [0.29, 0.717) is 16.9 Å². The topological polar surface area (TPSA) is 72.7 Å². The molecule has 0 radical (unpaired) electrons. The highest BCUT2D eigenvalue weighted by Gasteiger charge is 2.31. The number of rotatable bonds is 5. The summed E-state index contributed by atoms with van der Waals surface area (Å²) >= 11 is 1.21. The number of thioether (sulfide) groups is 1. The monoisotopic (exact) mass is 357 g/mol. The highest BCUT2D eigenvalue weighted by atomic mass is 32.2. The normalized spacial score (nSPS) is 16.0. The minimum atomic E-state index is -4.40. The van der Waals surface area contributed by atoms with Gasteiger partial charge in [-0.2, -0.15) is 13.2 Å². The molecular formula is C14H14F3N5OS. The maximum absolute atomic E-state index is 12.5. The third-order valence-electron chi connectivity index (χ3n) is 3.49.